The molecule has 0 atom stereocenters. The molecule has 0 fully saturated rings. The second-order valence-electron chi connectivity index (χ2n) is 4.75. The molecule has 0 saturated carbocycles. The van der Waals surface area contributed by atoms with Crippen LogP contribution in [-0.2, 0) is 6.54 Å². The molecule has 0 aliphatic rings. The molecule has 1 aromatic rings. The monoisotopic (exact) mass is 263 g/mol. The standard InChI is InChI=1S/C15H25N3O/c1-6-9-19-14-10-12(2)7-8-13(14)11-17-15(16-3)18(4)5/h7-8,10H,6,9,11H2,1-5H3,(H,16,17). The fourth-order valence-electron chi connectivity index (χ4n) is 1.77. The molecule has 19 heavy (non-hydrogen) atoms. The van der Waals surface area contributed by atoms with Crippen molar-refractivity contribution in [1.82, 2.24) is 10.2 Å². The van der Waals surface area contributed by atoms with E-state index in [-0.39, 0.29) is 0 Å². The smallest absolute Gasteiger partial charge is 0.193 e. The molecule has 0 spiro atoms. The number of guanidine groups is 1. The number of hydrogen-bond donors (Lipinski definition) is 1. The van der Waals surface area contributed by atoms with Crippen LogP contribution >= 0.6 is 0 Å². The zero-order valence-electron chi connectivity index (χ0n) is 12.7. The summed E-state index contributed by atoms with van der Waals surface area (Å²) in [5.74, 6) is 1.82. The molecule has 0 aliphatic heterocycles. The van der Waals surface area contributed by atoms with E-state index in [0.29, 0.717) is 6.54 Å². The highest BCUT2D eigenvalue weighted by Crippen LogP contribution is 2.20. The Morgan fingerprint density at radius 2 is 2.11 bits per heavy atom. The molecule has 4 heteroatoms. The SMILES string of the molecule is CCCOc1cc(C)ccc1CNC(=NC)N(C)C. The molecule has 106 valence electrons. The third kappa shape index (κ3) is 4.81. The van der Waals surface area contributed by atoms with Crippen molar-refractivity contribution in [2.24, 2.45) is 4.99 Å². The average Bonchev–Trinajstić information content (AvgIpc) is 2.38. The van der Waals surface area contributed by atoms with Crippen LogP contribution in [0, 0.1) is 6.92 Å². The summed E-state index contributed by atoms with van der Waals surface area (Å²) in [4.78, 5) is 6.16. The molecular formula is C15H25N3O. The first-order chi connectivity index (χ1) is 9.08. The van der Waals surface area contributed by atoms with Crippen molar-refractivity contribution < 1.29 is 4.74 Å². The molecule has 0 saturated heterocycles. The van der Waals surface area contributed by atoms with E-state index in [1.807, 2.05) is 19.0 Å². The number of benzene rings is 1. The van der Waals surface area contributed by atoms with Gasteiger partial charge in [-0.2, -0.15) is 0 Å². The van der Waals surface area contributed by atoms with Gasteiger partial charge in [0.25, 0.3) is 0 Å². The van der Waals surface area contributed by atoms with Crippen molar-refractivity contribution in [2.45, 2.75) is 26.8 Å². The largest absolute Gasteiger partial charge is 0.493 e. The van der Waals surface area contributed by atoms with Gasteiger partial charge in [-0.3, -0.25) is 4.99 Å². The Morgan fingerprint density at radius 3 is 2.68 bits per heavy atom. The summed E-state index contributed by atoms with van der Waals surface area (Å²) in [6, 6.07) is 6.30. The maximum Gasteiger partial charge on any atom is 0.193 e. The lowest BCUT2D eigenvalue weighted by molar-refractivity contribution is 0.313. The molecule has 1 rings (SSSR count). The summed E-state index contributed by atoms with van der Waals surface area (Å²) in [7, 11) is 5.73. The predicted octanol–water partition coefficient (Wildman–Crippen LogP) is 2.42. The fourth-order valence-corrected chi connectivity index (χ4v) is 1.77. The first kappa shape index (κ1) is 15.3. The first-order valence-electron chi connectivity index (χ1n) is 6.68. The van der Waals surface area contributed by atoms with Crippen molar-refractivity contribution >= 4 is 5.96 Å². The molecular weight excluding hydrogens is 238 g/mol. The topological polar surface area (TPSA) is 36.9 Å². The molecule has 0 amide bonds. The minimum atomic E-state index is 0.712. The molecule has 0 aliphatic carbocycles. The highest BCUT2D eigenvalue weighted by Gasteiger charge is 2.06. The summed E-state index contributed by atoms with van der Waals surface area (Å²) in [5, 5.41) is 3.32. The second kappa shape index (κ2) is 7.67. The number of nitrogens with one attached hydrogen (secondary N) is 1. The quantitative estimate of drug-likeness (QED) is 0.655. The van der Waals surface area contributed by atoms with E-state index in [4.69, 9.17) is 4.74 Å². The maximum atomic E-state index is 5.80. The molecule has 1 aromatic carbocycles. The van der Waals surface area contributed by atoms with Gasteiger partial charge >= 0.3 is 0 Å². The van der Waals surface area contributed by atoms with Crippen LogP contribution < -0.4 is 10.1 Å². The Labute approximate surface area is 116 Å². The Hall–Kier alpha value is -1.71. The molecule has 1 N–H and O–H groups in total. The predicted molar refractivity (Wildman–Crippen MR) is 80.9 cm³/mol. The van der Waals surface area contributed by atoms with Crippen LogP contribution in [0.2, 0.25) is 0 Å². The summed E-state index contributed by atoms with van der Waals surface area (Å²) in [6.07, 6.45) is 1.01. The molecule has 0 bridgehead atoms. The number of rotatable bonds is 5. The molecule has 0 radical (unpaired) electrons. The lowest BCUT2D eigenvalue weighted by atomic mass is 10.1. The Morgan fingerprint density at radius 1 is 1.37 bits per heavy atom. The second-order valence-corrected chi connectivity index (χ2v) is 4.75. The van der Waals surface area contributed by atoms with E-state index in [1.165, 1.54) is 5.56 Å². The minimum Gasteiger partial charge on any atom is -0.493 e. The van der Waals surface area contributed by atoms with Crippen LogP contribution in [0.4, 0.5) is 0 Å². The third-order valence-electron chi connectivity index (χ3n) is 2.76. The van der Waals surface area contributed by atoms with E-state index in [2.05, 4.69) is 42.4 Å². The van der Waals surface area contributed by atoms with Gasteiger partial charge in [0.05, 0.1) is 6.61 Å². The molecule has 4 nitrogen and oxygen atoms in total. The summed E-state index contributed by atoms with van der Waals surface area (Å²) < 4.78 is 5.80. The minimum absolute atomic E-state index is 0.712. The third-order valence-corrected chi connectivity index (χ3v) is 2.76. The van der Waals surface area contributed by atoms with Gasteiger partial charge in [-0.05, 0) is 25.0 Å². The lowest BCUT2D eigenvalue weighted by Crippen LogP contribution is -2.35. The summed E-state index contributed by atoms with van der Waals surface area (Å²) >= 11 is 0. The van der Waals surface area contributed by atoms with E-state index in [0.717, 1.165) is 30.3 Å². The van der Waals surface area contributed by atoms with Crippen molar-refractivity contribution in [3.8, 4) is 5.75 Å². The molecule has 0 unspecified atom stereocenters. The fraction of sp³-hybridized carbons (Fsp3) is 0.533. The summed E-state index contributed by atoms with van der Waals surface area (Å²) in [6.45, 7) is 5.65. The van der Waals surface area contributed by atoms with Gasteiger partial charge in [0.1, 0.15) is 5.75 Å². The van der Waals surface area contributed by atoms with Crippen molar-refractivity contribution in [2.75, 3.05) is 27.7 Å². The molecule has 0 heterocycles. The van der Waals surface area contributed by atoms with Crippen LogP contribution in [0.15, 0.2) is 23.2 Å². The Balaban J connectivity index is 2.76. The van der Waals surface area contributed by atoms with Crippen LogP contribution in [0.3, 0.4) is 0 Å². The summed E-state index contributed by atoms with van der Waals surface area (Å²) in [5.41, 5.74) is 2.37. The highest BCUT2D eigenvalue weighted by molar-refractivity contribution is 5.79. The normalized spacial score (nSPS) is 11.3. The van der Waals surface area contributed by atoms with E-state index in [1.54, 1.807) is 7.05 Å². The van der Waals surface area contributed by atoms with Gasteiger partial charge < -0.3 is 15.0 Å². The van der Waals surface area contributed by atoms with E-state index < -0.39 is 0 Å². The number of ether oxygens (including phenoxy) is 1. The van der Waals surface area contributed by atoms with Gasteiger partial charge in [0.2, 0.25) is 0 Å². The van der Waals surface area contributed by atoms with Gasteiger partial charge in [-0.15, -0.1) is 0 Å². The number of aryl methyl sites for hydroxylation is 1. The van der Waals surface area contributed by atoms with Gasteiger partial charge in [0, 0.05) is 33.3 Å². The van der Waals surface area contributed by atoms with E-state index in [9.17, 15) is 0 Å². The highest BCUT2D eigenvalue weighted by atomic mass is 16.5. The van der Waals surface area contributed by atoms with Crippen LogP contribution in [0.1, 0.15) is 24.5 Å². The first-order valence-corrected chi connectivity index (χ1v) is 6.68. The van der Waals surface area contributed by atoms with Gasteiger partial charge in [0.15, 0.2) is 5.96 Å². The van der Waals surface area contributed by atoms with Crippen LogP contribution in [0.25, 0.3) is 0 Å². The average molecular weight is 263 g/mol. The Bertz CT molecular complexity index is 427. The van der Waals surface area contributed by atoms with Gasteiger partial charge in [-0.1, -0.05) is 19.1 Å². The van der Waals surface area contributed by atoms with Crippen molar-refractivity contribution in [3.63, 3.8) is 0 Å². The van der Waals surface area contributed by atoms with Gasteiger partial charge in [-0.25, -0.2) is 0 Å². The number of aliphatic imine (C=N–C) groups is 1. The number of hydrogen-bond acceptors (Lipinski definition) is 2. The van der Waals surface area contributed by atoms with Crippen LogP contribution in [-0.4, -0.2) is 38.6 Å². The van der Waals surface area contributed by atoms with Crippen LogP contribution in [0.5, 0.6) is 5.75 Å². The maximum absolute atomic E-state index is 5.80. The lowest BCUT2D eigenvalue weighted by Gasteiger charge is -2.18. The Kier molecular flexibility index (Phi) is 6.19. The van der Waals surface area contributed by atoms with E-state index >= 15 is 0 Å². The molecule has 0 aromatic heterocycles. The zero-order chi connectivity index (χ0) is 14.3. The van der Waals surface area contributed by atoms with Crippen molar-refractivity contribution in [1.29, 1.82) is 0 Å². The zero-order valence-corrected chi connectivity index (χ0v) is 12.7. The van der Waals surface area contributed by atoms with Crippen molar-refractivity contribution in [3.05, 3.63) is 29.3 Å². The number of nitrogens with zero attached hydrogens (tertiary/aromatic N) is 2.